The van der Waals surface area contributed by atoms with E-state index in [2.05, 4.69) is 36.7 Å². The van der Waals surface area contributed by atoms with Gasteiger partial charge in [0.15, 0.2) is 0 Å². The summed E-state index contributed by atoms with van der Waals surface area (Å²) >= 11 is 3.42. The molecule has 1 N–H and O–H groups in total. The lowest BCUT2D eigenvalue weighted by atomic mass is 9.93. The maximum Gasteiger partial charge on any atom is 0.126 e. The van der Waals surface area contributed by atoms with Gasteiger partial charge in [-0.3, -0.25) is 0 Å². The molecule has 0 aliphatic carbocycles. The van der Waals surface area contributed by atoms with Gasteiger partial charge in [0.05, 0.1) is 12.7 Å². The van der Waals surface area contributed by atoms with Gasteiger partial charge in [-0.25, -0.2) is 0 Å². The van der Waals surface area contributed by atoms with Crippen molar-refractivity contribution in [2.45, 2.75) is 40.2 Å². The first kappa shape index (κ1) is 14.5. The highest BCUT2D eigenvalue weighted by Gasteiger charge is 2.13. The molecule has 0 heterocycles. The van der Waals surface area contributed by atoms with Crippen molar-refractivity contribution < 1.29 is 9.84 Å². The lowest BCUT2D eigenvalue weighted by Gasteiger charge is -2.19. The lowest BCUT2D eigenvalue weighted by molar-refractivity contribution is 0.186. The summed E-state index contributed by atoms with van der Waals surface area (Å²) < 4.78 is 6.73. The van der Waals surface area contributed by atoms with Crippen LogP contribution in [-0.4, -0.2) is 11.7 Å². The molecule has 0 unspecified atom stereocenters. The van der Waals surface area contributed by atoms with Crippen molar-refractivity contribution in [1.82, 2.24) is 0 Å². The van der Waals surface area contributed by atoms with Crippen LogP contribution in [-0.2, 0) is 0 Å². The van der Waals surface area contributed by atoms with Gasteiger partial charge in [-0.2, -0.15) is 0 Å². The second kappa shape index (κ2) is 5.87. The van der Waals surface area contributed by atoms with E-state index in [-0.39, 0.29) is 5.41 Å². The average molecular weight is 301 g/mol. The van der Waals surface area contributed by atoms with Crippen LogP contribution in [0.3, 0.4) is 0 Å². The molecule has 1 aromatic carbocycles. The molecule has 0 amide bonds. The molecule has 1 aromatic rings. The second-order valence-corrected chi connectivity index (χ2v) is 6.43. The minimum Gasteiger partial charge on any atom is -0.493 e. The van der Waals surface area contributed by atoms with Crippen molar-refractivity contribution in [2.75, 3.05) is 6.61 Å². The fourth-order valence-corrected chi connectivity index (χ4v) is 1.79. The van der Waals surface area contributed by atoms with Crippen LogP contribution in [0, 0.1) is 5.41 Å². The molecule has 17 heavy (non-hydrogen) atoms. The molecule has 1 atom stereocenters. The van der Waals surface area contributed by atoms with Crippen LogP contribution in [0.1, 0.15) is 45.8 Å². The Kier molecular flexibility index (Phi) is 5.02. The highest BCUT2D eigenvalue weighted by atomic mass is 79.9. The highest BCUT2D eigenvalue weighted by molar-refractivity contribution is 9.10. The molecule has 2 nitrogen and oxygen atoms in total. The normalized spacial score (nSPS) is 13.5. The van der Waals surface area contributed by atoms with Crippen LogP contribution in [0.15, 0.2) is 22.7 Å². The standard InChI is InChI=1S/C14H21BrO2/c1-10(16)12-6-5-11(15)9-13(12)17-8-7-14(2,3)4/h5-6,9-10,16H,7-8H2,1-4H3/t10-/m1/s1. The molecule has 0 aliphatic rings. The minimum absolute atomic E-state index is 0.261. The van der Waals surface area contributed by atoms with E-state index in [4.69, 9.17) is 4.74 Å². The van der Waals surface area contributed by atoms with Crippen LogP contribution >= 0.6 is 15.9 Å². The number of aliphatic hydroxyl groups excluding tert-OH is 1. The fourth-order valence-electron chi connectivity index (χ4n) is 1.45. The zero-order chi connectivity index (χ0) is 13.1. The molecule has 0 aliphatic heterocycles. The van der Waals surface area contributed by atoms with Crippen molar-refractivity contribution in [2.24, 2.45) is 5.41 Å². The maximum absolute atomic E-state index is 9.66. The van der Waals surface area contributed by atoms with E-state index in [1.54, 1.807) is 6.92 Å². The van der Waals surface area contributed by atoms with E-state index in [1.807, 2.05) is 18.2 Å². The minimum atomic E-state index is -0.507. The van der Waals surface area contributed by atoms with Crippen LogP contribution in [0.4, 0.5) is 0 Å². The smallest absolute Gasteiger partial charge is 0.126 e. The third-order valence-electron chi connectivity index (χ3n) is 2.54. The van der Waals surface area contributed by atoms with Gasteiger partial charge in [-0.1, -0.05) is 42.8 Å². The number of hydrogen-bond donors (Lipinski definition) is 1. The van der Waals surface area contributed by atoms with Gasteiger partial charge < -0.3 is 9.84 Å². The summed E-state index contributed by atoms with van der Waals surface area (Å²) in [7, 11) is 0. The molecular formula is C14H21BrO2. The molecule has 96 valence electrons. The van der Waals surface area contributed by atoms with E-state index in [0.29, 0.717) is 6.61 Å². The first-order valence-electron chi connectivity index (χ1n) is 5.90. The summed E-state index contributed by atoms with van der Waals surface area (Å²) in [5.74, 6) is 0.763. The van der Waals surface area contributed by atoms with E-state index in [9.17, 15) is 5.11 Å². The Labute approximate surface area is 112 Å². The molecule has 3 heteroatoms. The largest absolute Gasteiger partial charge is 0.493 e. The SMILES string of the molecule is C[C@@H](O)c1ccc(Br)cc1OCCC(C)(C)C. The van der Waals surface area contributed by atoms with Crippen molar-refractivity contribution in [1.29, 1.82) is 0 Å². The van der Waals surface area contributed by atoms with Gasteiger partial charge in [0.25, 0.3) is 0 Å². The quantitative estimate of drug-likeness (QED) is 0.897. The van der Waals surface area contributed by atoms with E-state index in [1.165, 1.54) is 0 Å². The molecule has 0 aromatic heterocycles. The third-order valence-corrected chi connectivity index (χ3v) is 3.03. The summed E-state index contributed by atoms with van der Waals surface area (Å²) in [4.78, 5) is 0. The maximum atomic E-state index is 9.66. The molecule has 0 saturated carbocycles. The Morgan fingerprint density at radius 2 is 2.00 bits per heavy atom. The van der Waals surface area contributed by atoms with Crippen LogP contribution in [0.5, 0.6) is 5.75 Å². The number of rotatable bonds is 4. The van der Waals surface area contributed by atoms with Gasteiger partial charge in [0.2, 0.25) is 0 Å². The Morgan fingerprint density at radius 1 is 1.35 bits per heavy atom. The summed E-state index contributed by atoms with van der Waals surface area (Å²) in [6, 6.07) is 5.71. The van der Waals surface area contributed by atoms with Gasteiger partial charge in [-0.05, 0) is 30.9 Å². The summed E-state index contributed by atoms with van der Waals surface area (Å²) in [5, 5.41) is 9.66. The number of halogens is 1. The fraction of sp³-hybridized carbons (Fsp3) is 0.571. The summed E-state index contributed by atoms with van der Waals surface area (Å²) in [6.45, 7) is 8.98. The highest BCUT2D eigenvalue weighted by Crippen LogP contribution is 2.29. The Hall–Kier alpha value is -0.540. The molecule has 0 spiro atoms. The number of aliphatic hydroxyl groups is 1. The Bertz CT molecular complexity index is 367. The lowest BCUT2D eigenvalue weighted by Crippen LogP contribution is -2.12. The number of ether oxygens (including phenoxy) is 1. The van der Waals surface area contributed by atoms with Crippen molar-refractivity contribution in [3.05, 3.63) is 28.2 Å². The molecule has 0 saturated heterocycles. The monoisotopic (exact) mass is 300 g/mol. The van der Waals surface area contributed by atoms with Crippen LogP contribution < -0.4 is 4.74 Å². The first-order chi connectivity index (χ1) is 7.79. The summed E-state index contributed by atoms with van der Waals surface area (Å²) in [5.41, 5.74) is 1.10. The van der Waals surface area contributed by atoms with Gasteiger partial charge in [0, 0.05) is 10.0 Å². The van der Waals surface area contributed by atoms with Gasteiger partial charge >= 0.3 is 0 Å². The van der Waals surface area contributed by atoms with E-state index >= 15 is 0 Å². The molecular weight excluding hydrogens is 280 g/mol. The second-order valence-electron chi connectivity index (χ2n) is 5.52. The topological polar surface area (TPSA) is 29.5 Å². The molecule has 0 fully saturated rings. The Balaban J connectivity index is 2.72. The average Bonchev–Trinajstić information content (AvgIpc) is 2.15. The Morgan fingerprint density at radius 3 is 2.53 bits per heavy atom. The van der Waals surface area contributed by atoms with Crippen LogP contribution in [0.25, 0.3) is 0 Å². The predicted octanol–water partition coefficient (Wildman–Crippen LogP) is 4.32. The zero-order valence-electron chi connectivity index (χ0n) is 11.0. The predicted molar refractivity (Wildman–Crippen MR) is 74.3 cm³/mol. The number of benzene rings is 1. The number of hydrogen-bond acceptors (Lipinski definition) is 2. The van der Waals surface area contributed by atoms with Crippen molar-refractivity contribution in [3.63, 3.8) is 0 Å². The molecule has 0 bridgehead atoms. The van der Waals surface area contributed by atoms with Crippen molar-refractivity contribution >= 4 is 15.9 Å². The zero-order valence-corrected chi connectivity index (χ0v) is 12.5. The summed E-state index contributed by atoms with van der Waals surface area (Å²) in [6.07, 6.45) is 0.478. The molecule has 1 rings (SSSR count). The van der Waals surface area contributed by atoms with Gasteiger partial charge in [0.1, 0.15) is 5.75 Å². The van der Waals surface area contributed by atoms with Crippen molar-refractivity contribution in [3.8, 4) is 5.75 Å². The van der Waals surface area contributed by atoms with E-state index in [0.717, 1.165) is 22.2 Å². The van der Waals surface area contributed by atoms with Gasteiger partial charge in [-0.15, -0.1) is 0 Å². The van der Waals surface area contributed by atoms with Crippen LogP contribution in [0.2, 0.25) is 0 Å². The first-order valence-corrected chi connectivity index (χ1v) is 6.69. The molecule has 0 radical (unpaired) electrons. The van der Waals surface area contributed by atoms with E-state index < -0.39 is 6.10 Å². The third kappa shape index (κ3) is 5.09.